The van der Waals surface area contributed by atoms with E-state index in [1.807, 2.05) is 24.3 Å². The zero-order valence-corrected chi connectivity index (χ0v) is 13.8. The highest BCUT2D eigenvalue weighted by atomic mass is 16.6. The van der Waals surface area contributed by atoms with Crippen LogP contribution in [0, 0.1) is 17.0 Å². The smallest absolute Gasteiger partial charge is 0.320 e. The number of hydrogen-bond donors (Lipinski definition) is 3. The first-order valence-electron chi connectivity index (χ1n) is 7.99. The van der Waals surface area contributed by atoms with Gasteiger partial charge in [0.25, 0.3) is 5.69 Å². The van der Waals surface area contributed by atoms with E-state index in [9.17, 15) is 20.0 Å². The molecular formula is C18H19N3O4. The summed E-state index contributed by atoms with van der Waals surface area (Å²) < 4.78 is 0. The van der Waals surface area contributed by atoms with Crippen molar-refractivity contribution in [2.75, 3.05) is 11.9 Å². The zero-order chi connectivity index (χ0) is 18.0. The molecule has 2 aromatic rings. The van der Waals surface area contributed by atoms with Crippen molar-refractivity contribution in [2.45, 2.75) is 25.3 Å². The average Bonchev–Trinajstić information content (AvgIpc) is 2.95. The number of aryl methyl sites for hydroxylation is 2. The van der Waals surface area contributed by atoms with Crippen molar-refractivity contribution >= 4 is 17.4 Å². The third-order valence-electron chi connectivity index (χ3n) is 4.64. The Kier molecular flexibility index (Phi) is 4.41. The molecule has 0 bridgehead atoms. The number of fused-ring (bicyclic) bond motifs is 1. The topological polar surface area (TPSA) is 104 Å². The largest absolute Gasteiger partial charge is 0.394 e. The van der Waals surface area contributed by atoms with Crippen LogP contribution in [0.5, 0.6) is 0 Å². The van der Waals surface area contributed by atoms with Crippen molar-refractivity contribution < 1.29 is 14.8 Å². The van der Waals surface area contributed by atoms with Crippen LogP contribution >= 0.6 is 0 Å². The predicted octanol–water partition coefficient (Wildman–Crippen LogP) is 2.86. The minimum atomic E-state index is -0.836. The Bertz CT molecular complexity index is 837. The van der Waals surface area contributed by atoms with Crippen molar-refractivity contribution in [3.8, 4) is 0 Å². The quantitative estimate of drug-likeness (QED) is 0.587. The molecule has 2 amide bonds. The van der Waals surface area contributed by atoms with E-state index in [1.165, 1.54) is 6.07 Å². The van der Waals surface area contributed by atoms with Gasteiger partial charge in [0, 0.05) is 17.3 Å². The third-order valence-corrected chi connectivity index (χ3v) is 4.64. The number of urea groups is 1. The number of hydrogen-bond acceptors (Lipinski definition) is 4. The van der Waals surface area contributed by atoms with Crippen LogP contribution in [0.1, 0.15) is 23.1 Å². The Morgan fingerprint density at radius 1 is 1.32 bits per heavy atom. The Morgan fingerprint density at radius 3 is 2.80 bits per heavy atom. The Labute approximate surface area is 144 Å². The maximum Gasteiger partial charge on any atom is 0.320 e. The highest BCUT2D eigenvalue weighted by Gasteiger charge is 2.39. The molecule has 1 atom stereocenters. The van der Waals surface area contributed by atoms with Gasteiger partial charge < -0.3 is 15.7 Å². The van der Waals surface area contributed by atoms with E-state index in [2.05, 4.69) is 10.6 Å². The van der Waals surface area contributed by atoms with Gasteiger partial charge in [-0.2, -0.15) is 0 Å². The lowest BCUT2D eigenvalue weighted by Crippen LogP contribution is -2.48. The van der Waals surface area contributed by atoms with E-state index in [0.717, 1.165) is 17.5 Å². The van der Waals surface area contributed by atoms with Gasteiger partial charge in [0.15, 0.2) is 0 Å². The molecule has 130 valence electrons. The van der Waals surface area contributed by atoms with Gasteiger partial charge in [-0.05, 0) is 37.0 Å². The number of carbonyl (C=O) groups excluding carboxylic acids is 1. The molecule has 25 heavy (non-hydrogen) atoms. The molecule has 0 aromatic heterocycles. The molecule has 0 radical (unpaired) electrons. The molecule has 2 aromatic carbocycles. The van der Waals surface area contributed by atoms with Crippen LogP contribution < -0.4 is 10.6 Å². The predicted molar refractivity (Wildman–Crippen MR) is 93.5 cm³/mol. The minimum Gasteiger partial charge on any atom is -0.394 e. The number of benzene rings is 2. The number of nitro groups is 1. The first-order valence-corrected chi connectivity index (χ1v) is 7.99. The van der Waals surface area contributed by atoms with E-state index >= 15 is 0 Å². The molecule has 3 rings (SSSR count). The van der Waals surface area contributed by atoms with Crippen LogP contribution in [-0.2, 0) is 12.0 Å². The highest BCUT2D eigenvalue weighted by molar-refractivity contribution is 5.90. The molecule has 7 heteroatoms. The highest BCUT2D eigenvalue weighted by Crippen LogP contribution is 2.36. The number of aliphatic hydroxyl groups excluding tert-OH is 1. The summed E-state index contributed by atoms with van der Waals surface area (Å²) in [6.45, 7) is 1.42. The summed E-state index contributed by atoms with van der Waals surface area (Å²) in [5.74, 6) is 0. The number of amides is 2. The van der Waals surface area contributed by atoms with Gasteiger partial charge in [-0.3, -0.25) is 10.1 Å². The fourth-order valence-corrected chi connectivity index (χ4v) is 3.29. The van der Waals surface area contributed by atoms with Gasteiger partial charge >= 0.3 is 6.03 Å². The van der Waals surface area contributed by atoms with E-state index in [1.54, 1.807) is 19.1 Å². The number of rotatable bonds is 4. The standard InChI is InChI=1S/C18H19N3O4/c1-12-6-7-14(10-16(12)21(24)25)19-17(23)20-18(11-22)9-8-13-4-2-3-5-15(13)18/h2-7,10,22H,8-9,11H2,1H3,(H2,19,20,23). The first kappa shape index (κ1) is 16.9. The molecule has 0 spiro atoms. The number of nitrogens with zero attached hydrogens (tertiary/aromatic N) is 1. The van der Waals surface area contributed by atoms with Crippen LogP contribution in [0.3, 0.4) is 0 Å². The Morgan fingerprint density at radius 2 is 2.08 bits per heavy atom. The molecule has 0 saturated heterocycles. The molecule has 1 aliphatic rings. The third kappa shape index (κ3) is 3.18. The minimum absolute atomic E-state index is 0.0547. The molecular weight excluding hydrogens is 322 g/mol. The second-order valence-corrected chi connectivity index (χ2v) is 6.23. The summed E-state index contributed by atoms with van der Waals surface area (Å²) in [6.07, 6.45) is 1.37. The summed E-state index contributed by atoms with van der Waals surface area (Å²) in [6, 6.07) is 11.7. The number of carbonyl (C=O) groups is 1. The van der Waals surface area contributed by atoms with E-state index in [4.69, 9.17) is 0 Å². The van der Waals surface area contributed by atoms with Crippen LogP contribution in [0.15, 0.2) is 42.5 Å². The number of nitrogens with one attached hydrogen (secondary N) is 2. The Hall–Kier alpha value is -2.93. The lowest BCUT2D eigenvalue weighted by Gasteiger charge is -2.29. The van der Waals surface area contributed by atoms with Gasteiger partial charge in [0.05, 0.1) is 17.1 Å². The maximum atomic E-state index is 12.4. The SMILES string of the molecule is Cc1ccc(NC(=O)NC2(CO)CCc3ccccc32)cc1[N+](=O)[O-]. The lowest BCUT2D eigenvalue weighted by molar-refractivity contribution is -0.385. The number of anilines is 1. The summed E-state index contributed by atoms with van der Waals surface area (Å²) in [4.78, 5) is 22.9. The molecule has 1 unspecified atom stereocenters. The van der Waals surface area contributed by atoms with Crippen LogP contribution in [0.4, 0.5) is 16.2 Å². The van der Waals surface area contributed by atoms with Crippen molar-refractivity contribution in [3.05, 3.63) is 69.3 Å². The lowest BCUT2D eigenvalue weighted by atomic mass is 9.93. The number of aliphatic hydroxyl groups is 1. The van der Waals surface area contributed by atoms with Gasteiger partial charge in [-0.1, -0.05) is 30.3 Å². The van der Waals surface area contributed by atoms with Crippen LogP contribution in [0.2, 0.25) is 0 Å². The first-order chi connectivity index (χ1) is 11.9. The molecule has 0 heterocycles. The van der Waals surface area contributed by atoms with Crippen molar-refractivity contribution in [1.82, 2.24) is 5.32 Å². The summed E-state index contributed by atoms with van der Waals surface area (Å²) >= 11 is 0. The van der Waals surface area contributed by atoms with Gasteiger partial charge in [-0.25, -0.2) is 4.79 Å². The normalized spacial score (nSPS) is 18.5. The van der Waals surface area contributed by atoms with Gasteiger partial charge in [0.2, 0.25) is 0 Å². The van der Waals surface area contributed by atoms with Crippen LogP contribution in [-0.4, -0.2) is 22.7 Å². The van der Waals surface area contributed by atoms with E-state index in [0.29, 0.717) is 17.7 Å². The van der Waals surface area contributed by atoms with Crippen molar-refractivity contribution in [3.63, 3.8) is 0 Å². The second kappa shape index (κ2) is 6.52. The van der Waals surface area contributed by atoms with Crippen molar-refractivity contribution in [2.24, 2.45) is 0 Å². The fraction of sp³-hybridized carbons (Fsp3) is 0.278. The van der Waals surface area contributed by atoms with Crippen LogP contribution in [0.25, 0.3) is 0 Å². The molecule has 7 nitrogen and oxygen atoms in total. The average molecular weight is 341 g/mol. The summed E-state index contributed by atoms with van der Waals surface area (Å²) in [7, 11) is 0. The van der Waals surface area contributed by atoms with Gasteiger partial charge in [-0.15, -0.1) is 0 Å². The monoisotopic (exact) mass is 341 g/mol. The number of nitro benzene ring substituents is 1. The van der Waals surface area contributed by atoms with Gasteiger partial charge in [0.1, 0.15) is 0 Å². The fourth-order valence-electron chi connectivity index (χ4n) is 3.29. The molecule has 0 fully saturated rings. The maximum absolute atomic E-state index is 12.4. The second-order valence-electron chi connectivity index (χ2n) is 6.23. The molecule has 3 N–H and O–H groups in total. The summed E-state index contributed by atoms with van der Waals surface area (Å²) in [5.41, 5.74) is 1.96. The molecule has 1 aliphatic carbocycles. The van der Waals surface area contributed by atoms with Crippen molar-refractivity contribution in [1.29, 1.82) is 0 Å². The van der Waals surface area contributed by atoms with E-state index < -0.39 is 16.5 Å². The molecule has 0 saturated carbocycles. The Balaban J connectivity index is 1.79. The molecule has 0 aliphatic heterocycles. The zero-order valence-electron chi connectivity index (χ0n) is 13.8. The van der Waals surface area contributed by atoms with E-state index in [-0.39, 0.29) is 12.3 Å². The summed E-state index contributed by atoms with van der Waals surface area (Å²) in [5, 5.41) is 26.4.